The number of ether oxygens (including phenoxy) is 1. The average molecular weight is 334 g/mol. The predicted molar refractivity (Wildman–Crippen MR) is 89.7 cm³/mol. The summed E-state index contributed by atoms with van der Waals surface area (Å²) in [6, 6.07) is 10.9. The van der Waals surface area contributed by atoms with Gasteiger partial charge in [0.1, 0.15) is 5.76 Å². The third kappa shape index (κ3) is 3.59. The van der Waals surface area contributed by atoms with E-state index in [9.17, 15) is 4.79 Å². The Morgan fingerprint density at radius 1 is 1.30 bits per heavy atom. The van der Waals surface area contributed by atoms with Crippen LogP contribution in [0.5, 0.6) is 0 Å². The van der Waals surface area contributed by atoms with E-state index in [0.29, 0.717) is 29.6 Å². The Bertz CT molecular complexity index is 676. The van der Waals surface area contributed by atoms with Gasteiger partial charge in [0.25, 0.3) is 5.91 Å². The molecule has 23 heavy (non-hydrogen) atoms. The fraction of sp³-hybridized carbons (Fsp3) is 0.389. The molecule has 1 aromatic carbocycles. The highest BCUT2D eigenvalue weighted by Crippen LogP contribution is 2.29. The van der Waals surface area contributed by atoms with Crippen molar-refractivity contribution >= 4 is 17.5 Å². The second-order valence-corrected chi connectivity index (χ2v) is 6.03. The minimum atomic E-state index is -0.110. The van der Waals surface area contributed by atoms with E-state index in [4.69, 9.17) is 20.8 Å². The van der Waals surface area contributed by atoms with Gasteiger partial charge in [0.2, 0.25) is 0 Å². The molecule has 0 bridgehead atoms. The van der Waals surface area contributed by atoms with Crippen LogP contribution in [-0.4, -0.2) is 36.6 Å². The van der Waals surface area contributed by atoms with E-state index in [-0.39, 0.29) is 12.0 Å². The van der Waals surface area contributed by atoms with Gasteiger partial charge in [-0.25, -0.2) is 0 Å². The van der Waals surface area contributed by atoms with Crippen molar-refractivity contribution in [2.24, 2.45) is 0 Å². The van der Waals surface area contributed by atoms with Gasteiger partial charge < -0.3 is 14.1 Å². The van der Waals surface area contributed by atoms with Crippen LogP contribution in [0.15, 0.2) is 40.8 Å². The quantitative estimate of drug-likeness (QED) is 0.821. The van der Waals surface area contributed by atoms with E-state index in [1.54, 1.807) is 23.1 Å². The summed E-state index contributed by atoms with van der Waals surface area (Å²) in [6.45, 7) is 3.98. The molecule has 122 valence electrons. The Balaban J connectivity index is 1.75. The number of carbonyl (C=O) groups excluding carboxylic acids is 1. The molecule has 5 heteroatoms. The number of amides is 1. The third-order valence-electron chi connectivity index (χ3n) is 4.07. The van der Waals surface area contributed by atoms with Gasteiger partial charge in [0.15, 0.2) is 5.76 Å². The molecule has 4 nitrogen and oxygen atoms in total. The van der Waals surface area contributed by atoms with Crippen molar-refractivity contribution in [3.8, 4) is 11.3 Å². The zero-order valence-electron chi connectivity index (χ0n) is 13.1. The van der Waals surface area contributed by atoms with Gasteiger partial charge in [-0.3, -0.25) is 4.79 Å². The Hall–Kier alpha value is -1.78. The molecular weight excluding hydrogens is 314 g/mol. The molecule has 1 aliphatic heterocycles. The lowest BCUT2D eigenvalue weighted by atomic mass is 10.2. The Morgan fingerprint density at radius 3 is 2.83 bits per heavy atom. The van der Waals surface area contributed by atoms with Gasteiger partial charge in [0, 0.05) is 25.3 Å². The summed E-state index contributed by atoms with van der Waals surface area (Å²) in [5, 5.41) is 0.604. The zero-order valence-corrected chi connectivity index (χ0v) is 13.9. The number of nitrogens with zero attached hydrogens (tertiary/aromatic N) is 1. The van der Waals surface area contributed by atoms with Crippen molar-refractivity contribution in [1.82, 2.24) is 4.90 Å². The van der Waals surface area contributed by atoms with Crippen LogP contribution >= 0.6 is 11.6 Å². The SMILES string of the molecule is CCN(CC1CCCO1)C(=O)c1ccc(-c2ccccc2Cl)o1. The number of hydrogen-bond donors (Lipinski definition) is 0. The summed E-state index contributed by atoms with van der Waals surface area (Å²) in [5.41, 5.74) is 0.787. The van der Waals surface area contributed by atoms with Crippen LogP contribution in [0.1, 0.15) is 30.3 Å². The number of benzene rings is 1. The van der Waals surface area contributed by atoms with Crippen molar-refractivity contribution in [2.75, 3.05) is 19.7 Å². The van der Waals surface area contributed by atoms with Crippen LogP contribution in [0.2, 0.25) is 5.02 Å². The Morgan fingerprint density at radius 2 is 2.13 bits per heavy atom. The van der Waals surface area contributed by atoms with Gasteiger partial charge >= 0.3 is 0 Å². The molecule has 2 aromatic rings. The van der Waals surface area contributed by atoms with E-state index in [1.165, 1.54) is 0 Å². The third-order valence-corrected chi connectivity index (χ3v) is 4.40. The standard InChI is InChI=1S/C18H20ClNO3/c1-2-20(12-13-6-5-11-22-13)18(21)17-10-9-16(23-17)14-7-3-4-8-15(14)19/h3-4,7-10,13H,2,5-6,11-12H2,1H3. The zero-order chi connectivity index (χ0) is 16.2. The first kappa shape index (κ1) is 16.1. The second kappa shape index (κ2) is 7.20. The lowest BCUT2D eigenvalue weighted by Gasteiger charge is -2.22. The van der Waals surface area contributed by atoms with E-state index in [0.717, 1.165) is 25.0 Å². The lowest BCUT2D eigenvalue weighted by Crippen LogP contribution is -2.37. The molecule has 1 fully saturated rings. The molecule has 1 unspecified atom stereocenters. The minimum absolute atomic E-state index is 0.110. The van der Waals surface area contributed by atoms with Gasteiger partial charge in [-0.15, -0.1) is 0 Å². The fourth-order valence-electron chi connectivity index (χ4n) is 2.80. The molecule has 1 aliphatic rings. The first-order valence-corrected chi connectivity index (χ1v) is 8.32. The number of rotatable bonds is 5. The maximum absolute atomic E-state index is 12.6. The van der Waals surface area contributed by atoms with Crippen LogP contribution in [0.3, 0.4) is 0 Å². The largest absolute Gasteiger partial charge is 0.451 e. The summed E-state index contributed by atoms with van der Waals surface area (Å²) < 4.78 is 11.4. The summed E-state index contributed by atoms with van der Waals surface area (Å²) in [7, 11) is 0. The maximum Gasteiger partial charge on any atom is 0.289 e. The number of likely N-dealkylation sites (N-methyl/N-ethyl adjacent to an activating group) is 1. The molecule has 0 aliphatic carbocycles. The topological polar surface area (TPSA) is 42.7 Å². The Kier molecular flexibility index (Phi) is 5.03. The molecule has 0 radical (unpaired) electrons. The van der Waals surface area contributed by atoms with Gasteiger partial charge in [-0.1, -0.05) is 23.7 Å². The number of halogens is 1. The molecule has 1 aromatic heterocycles. The maximum atomic E-state index is 12.6. The summed E-state index contributed by atoms with van der Waals surface area (Å²) in [5.74, 6) is 0.827. The van der Waals surface area contributed by atoms with Gasteiger partial charge in [0.05, 0.1) is 11.1 Å². The summed E-state index contributed by atoms with van der Waals surface area (Å²) in [4.78, 5) is 14.4. The highest BCUT2D eigenvalue weighted by Gasteiger charge is 2.24. The molecule has 1 saturated heterocycles. The first-order chi connectivity index (χ1) is 11.2. The number of furan rings is 1. The van der Waals surface area contributed by atoms with Crippen LogP contribution in [0, 0.1) is 0 Å². The van der Waals surface area contributed by atoms with Gasteiger partial charge in [-0.2, -0.15) is 0 Å². The van der Waals surface area contributed by atoms with Crippen molar-refractivity contribution in [3.63, 3.8) is 0 Å². The van der Waals surface area contributed by atoms with Crippen molar-refractivity contribution in [3.05, 3.63) is 47.2 Å². The van der Waals surface area contributed by atoms with Crippen LogP contribution in [-0.2, 0) is 4.74 Å². The van der Waals surface area contributed by atoms with Crippen LogP contribution in [0.25, 0.3) is 11.3 Å². The number of carbonyl (C=O) groups is 1. The molecule has 1 amide bonds. The second-order valence-electron chi connectivity index (χ2n) is 5.62. The van der Waals surface area contributed by atoms with Crippen LogP contribution in [0.4, 0.5) is 0 Å². The monoisotopic (exact) mass is 333 g/mol. The summed E-state index contributed by atoms with van der Waals surface area (Å²) in [6.07, 6.45) is 2.21. The lowest BCUT2D eigenvalue weighted by molar-refractivity contribution is 0.0516. The summed E-state index contributed by atoms with van der Waals surface area (Å²) >= 11 is 6.18. The molecule has 3 rings (SSSR count). The fourth-order valence-corrected chi connectivity index (χ4v) is 3.03. The highest BCUT2D eigenvalue weighted by molar-refractivity contribution is 6.33. The predicted octanol–water partition coefficient (Wildman–Crippen LogP) is 4.24. The molecule has 1 atom stereocenters. The van der Waals surface area contributed by atoms with Gasteiger partial charge in [-0.05, 0) is 44.0 Å². The molecule has 0 N–H and O–H groups in total. The van der Waals surface area contributed by atoms with Crippen LogP contribution < -0.4 is 0 Å². The minimum Gasteiger partial charge on any atom is -0.451 e. The average Bonchev–Trinajstić information content (AvgIpc) is 3.24. The molecule has 0 spiro atoms. The molecule has 0 saturated carbocycles. The smallest absolute Gasteiger partial charge is 0.289 e. The normalized spacial score (nSPS) is 17.4. The molecule has 2 heterocycles. The van der Waals surface area contributed by atoms with E-state index in [1.807, 2.05) is 25.1 Å². The first-order valence-electron chi connectivity index (χ1n) is 7.94. The molecular formula is C18H20ClNO3. The number of hydrogen-bond acceptors (Lipinski definition) is 3. The van der Waals surface area contributed by atoms with Crippen molar-refractivity contribution in [2.45, 2.75) is 25.9 Å². The van der Waals surface area contributed by atoms with E-state index < -0.39 is 0 Å². The Labute approximate surface area is 141 Å². The van der Waals surface area contributed by atoms with Crippen molar-refractivity contribution < 1.29 is 13.9 Å². The van der Waals surface area contributed by atoms with E-state index in [2.05, 4.69) is 0 Å². The van der Waals surface area contributed by atoms with Crippen molar-refractivity contribution in [1.29, 1.82) is 0 Å². The van der Waals surface area contributed by atoms with E-state index >= 15 is 0 Å². The highest BCUT2D eigenvalue weighted by atomic mass is 35.5.